The van der Waals surface area contributed by atoms with Crippen LogP contribution >= 0.6 is 0 Å². The monoisotopic (exact) mass is 642 g/mol. The molecular weight excluding hydrogens is 590 g/mol. The minimum atomic E-state index is -1.07. The van der Waals surface area contributed by atoms with Gasteiger partial charge in [0.15, 0.2) is 6.04 Å². The van der Waals surface area contributed by atoms with Crippen LogP contribution in [0.4, 0.5) is 0 Å². The van der Waals surface area contributed by atoms with Gasteiger partial charge in [0.1, 0.15) is 23.9 Å². The zero-order valence-corrected chi connectivity index (χ0v) is 26.9. The van der Waals surface area contributed by atoms with E-state index in [0.717, 1.165) is 28.7 Å². The van der Waals surface area contributed by atoms with Gasteiger partial charge >= 0.3 is 5.96 Å². The van der Waals surface area contributed by atoms with Crippen molar-refractivity contribution in [2.24, 2.45) is 17.2 Å². The molecule has 2 aromatic carbocycles. The second kappa shape index (κ2) is 19.0. The van der Waals surface area contributed by atoms with Crippen LogP contribution < -0.4 is 49.6 Å². The van der Waals surface area contributed by atoms with Gasteiger partial charge in [-0.05, 0) is 73.9 Å². The number of hydrogen-bond acceptors (Lipinski definition) is 5. The van der Waals surface area contributed by atoms with Crippen molar-refractivity contribution < 1.29 is 40.7 Å². The SMILES string of the molecule is Cc1cc(O)cc(C)c1C[C@H](NC(=O)[C@H]([NH3+])CCC[NH+]=C(N)N)C(=O)N[C@@H](CCCC[NH3+])C(=O)N[C@@H](Cc1ccccc1)C(N)=O. The van der Waals surface area contributed by atoms with Gasteiger partial charge in [-0.2, -0.15) is 0 Å². The normalized spacial score (nSPS) is 13.5. The molecule has 0 fully saturated rings. The molecule has 0 aliphatic heterocycles. The number of rotatable bonds is 19. The van der Waals surface area contributed by atoms with Crippen LogP contribution in [0.1, 0.15) is 54.4 Å². The summed E-state index contributed by atoms with van der Waals surface area (Å²) < 4.78 is 0. The maximum absolute atomic E-state index is 13.9. The van der Waals surface area contributed by atoms with Crippen LogP contribution in [0, 0.1) is 13.8 Å². The van der Waals surface area contributed by atoms with Crippen LogP contribution in [0.25, 0.3) is 0 Å². The van der Waals surface area contributed by atoms with E-state index in [1.54, 1.807) is 12.1 Å². The number of nitrogens with one attached hydrogen (secondary N) is 4. The molecule has 0 aromatic heterocycles. The van der Waals surface area contributed by atoms with Gasteiger partial charge < -0.3 is 38.3 Å². The smallest absolute Gasteiger partial charge is 0.338 e. The number of carbonyl (C=O) groups is 4. The minimum Gasteiger partial charge on any atom is -0.508 e. The molecule has 0 saturated carbocycles. The minimum absolute atomic E-state index is 0.0810. The molecule has 14 heteroatoms. The van der Waals surface area contributed by atoms with Gasteiger partial charge in [0.25, 0.3) is 5.91 Å². The zero-order valence-electron chi connectivity index (χ0n) is 26.9. The molecular formula is C32H52N9O5+3. The fourth-order valence-corrected chi connectivity index (χ4v) is 5.12. The van der Waals surface area contributed by atoms with Crippen molar-refractivity contribution in [3.63, 3.8) is 0 Å². The molecule has 0 aliphatic carbocycles. The Hall–Kier alpha value is -4.69. The topological polar surface area (TPSA) is 272 Å². The quantitative estimate of drug-likeness (QED) is 0.0410. The molecule has 0 radical (unpaired) electrons. The van der Waals surface area contributed by atoms with Crippen molar-refractivity contribution in [1.29, 1.82) is 0 Å². The van der Waals surface area contributed by atoms with E-state index in [9.17, 15) is 24.3 Å². The number of amides is 4. The first-order valence-electron chi connectivity index (χ1n) is 15.6. The number of guanidine groups is 1. The molecule has 252 valence electrons. The van der Waals surface area contributed by atoms with E-state index in [4.69, 9.17) is 17.2 Å². The van der Waals surface area contributed by atoms with E-state index in [2.05, 4.69) is 32.4 Å². The fourth-order valence-electron chi connectivity index (χ4n) is 5.12. The maximum atomic E-state index is 13.9. The largest absolute Gasteiger partial charge is 0.508 e. The van der Waals surface area contributed by atoms with E-state index < -0.39 is 47.8 Å². The molecule has 0 heterocycles. The third-order valence-corrected chi connectivity index (χ3v) is 7.72. The third-order valence-electron chi connectivity index (χ3n) is 7.72. The molecule has 14 nitrogen and oxygen atoms in total. The highest BCUT2D eigenvalue weighted by atomic mass is 16.3. The van der Waals surface area contributed by atoms with E-state index in [-0.39, 0.29) is 31.0 Å². The lowest BCUT2D eigenvalue weighted by Crippen LogP contribution is -2.78. The lowest BCUT2D eigenvalue weighted by molar-refractivity contribution is -0.463. The van der Waals surface area contributed by atoms with E-state index in [1.807, 2.05) is 44.2 Å². The number of phenolic OH excluding ortho intramolecular Hbond substituents is 1. The van der Waals surface area contributed by atoms with Crippen LogP contribution in [-0.4, -0.2) is 72.0 Å². The van der Waals surface area contributed by atoms with Crippen molar-refractivity contribution in [1.82, 2.24) is 16.0 Å². The molecule has 0 unspecified atom stereocenters. The van der Waals surface area contributed by atoms with Crippen molar-refractivity contribution in [2.75, 3.05) is 13.1 Å². The molecule has 2 aromatic rings. The fraction of sp³-hybridized carbons (Fsp3) is 0.469. The van der Waals surface area contributed by atoms with Crippen molar-refractivity contribution >= 4 is 29.6 Å². The summed E-state index contributed by atoms with van der Waals surface area (Å²) >= 11 is 0. The Kier molecular flexibility index (Phi) is 15.5. The molecule has 0 saturated heterocycles. The highest BCUT2D eigenvalue weighted by Crippen LogP contribution is 2.22. The number of unbranched alkanes of at least 4 members (excludes halogenated alkanes) is 1. The highest BCUT2D eigenvalue weighted by molar-refractivity contribution is 5.94. The molecule has 46 heavy (non-hydrogen) atoms. The third kappa shape index (κ3) is 12.7. The van der Waals surface area contributed by atoms with Crippen LogP contribution in [0.15, 0.2) is 42.5 Å². The number of aromatic hydroxyl groups is 1. The predicted molar refractivity (Wildman–Crippen MR) is 173 cm³/mol. The van der Waals surface area contributed by atoms with Crippen LogP contribution in [-0.2, 0) is 32.0 Å². The lowest BCUT2D eigenvalue weighted by Gasteiger charge is -2.26. The molecule has 0 bridgehead atoms. The number of benzene rings is 2. The van der Waals surface area contributed by atoms with Gasteiger partial charge in [-0.1, -0.05) is 30.3 Å². The van der Waals surface area contributed by atoms with Gasteiger partial charge in [-0.3, -0.25) is 35.6 Å². The Morgan fingerprint density at radius 1 is 0.804 bits per heavy atom. The average molecular weight is 643 g/mol. The Morgan fingerprint density at radius 3 is 1.98 bits per heavy atom. The zero-order chi connectivity index (χ0) is 34.2. The first kappa shape index (κ1) is 37.5. The number of phenols is 1. The van der Waals surface area contributed by atoms with Crippen LogP contribution in [0.5, 0.6) is 5.75 Å². The number of hydrogen-bond donors (Lipinski definition) is 10. The van der Waals surface area contributed by atoms with Crippen LogP contribution in [0.3, 0.4) is 0 Å². The summed E-state index contributed by atoms with van der Waals surface area (Å²) in [5, 5.41) is 18.4. The van der Waals surface area contributed by atoms with E-state index >= 15 is 0 Å². The Balaban J connectivity index is 2.30. The molecule has 2 rings (SSSR count). The Bertz CT molecular complexity index is 1330. The lowest BCUT2D eigenvalue weighted by atomic mass is 9.95. The Morgan fingerprint density at radius 2 is 1.39 bits per heavy atom. The van der Waals surface area contributed by atoms with Crippen molar-refractivity contribution in [3.05, 3.63) is 64.7 Å². The first-order valence-corrected chi connectivity index (χ1v) is 15.6. The average Bonchev–Trinajstić information content (AvgIpc) is 2.99. The first-order chi connectivity index (χ1) is 21.8. The molecule has 0 spiro atoms. The second-order valence-corrected chi connectivity index (χ2v) is 11.6. The van der Waals surface area contributed by atoms with Gasteiger partial charge in [0, 0.05) is 19.3 Å². The van der Waals surface area contributed by atoms with Gasteiger partial charge in [-0.25, -0.2) is 0 Å². The van der Waals surface area contributed by atoms with E-state index in [0.29, 0.717) is 32.4 Å². The number of primary amides is 1. The highest BCUT2D eigenvalue weighted by Gasteiger charge is 2.31. The molecule has 4 atom stereocenters. The standard InChI is InChI=1S/C32H49N9O5/c1-19-15-22(42)16-20(2)23(19)18-27(41-29(44)24(34)11-8-14-38-32(36)37)31(46)39-25(12-6-7-13-33)30(45)40-26(28(35)43)17-21-9-4-3-5-10-21/h3-5,9-10,15-16,24-27,42H,6-8,11-14,17-18,33-34H2,1-2H3,(H2,35,43)(H,39,46)(H,40,45)(H,41,44)(H4,36,37,38)/p+3/t24-,25+,26+,27+/m1/s1. The van der Waals surface area contributed by atoms with Gasteiger partial charge in [0.05, 0.1) is 13.1 Å². The van der Waals surface area contributed by atoms with Gasteiger partial charge in [0.2, 0.25) is 17.7 Å². The van der Waals surface area contributed by atoms with Crippen molar-refractivity contribution in [2.45, 2.75) is 83.0 Å². The summed E-state index contributed by atoms with van der Waals surface area (Å²) in [5.41, 5.74) is 27.4. The Labute approximate surface area is 269 Å². The number of carbonyl (C=O) groups excluding carboxylic acids is 4. The van der Waals surface area contributed by atoms with Crippen LogP contribution in [0.2, 0.25) is 0 Å². The number of nitrogens with two attached hydrogens (primary N) is 3. The molecule has 0 aliphatic rings. The van der Waals surface area contributed by atoms with E-state index in [1.165, 1.54) is 0 Å². The number of aryl methyl sites for hydroxylation is 2. The van der Waals surface area contributed by atoms with Crippen molar-refractivity contribution in [3.8, 4) is 5.75 Å². The summed E-state index contributed by atoms with van der Waals surface area (Å²) in [6.45, 7) is 4.72. The summed E-state index contributed by atoms with van der Waals surface area (Å²) in [4.78, 5) is 55.7. The summed E-state index contributed by atoms with van der Waals surface area (Å²) in [5.74, 6) is -2.10. The maximum Gasteiger partial charge on any atom is 0.338 e. The predicted octanol–water partition coefficient (Wildman–Crippen LogP) is -4.11. The second-order valence-electron chi connectivity index (χ2n) is 11.6. The molecule has 17 N–H and O–H groups in total. The number of quaternary nitrogens is 2. The van der Waals surface area contributed by atoms with Gasteiger partial charge in [-0.15, -0.1) is 0 Å². The molecule has 4 amide bonds. The summed E-state index contributed by atoms with van der Waals surface area (Å²) in [7, 11) is 0. The summed E-state index contributed by atoms with van der Waals surface area (Å²) in [6, 6.07) is 8.58. The summed E-state index contributed by atoms with van der Waals surface area (Å²) in [6.07, 6.45) is 2.86.